The van der Waals surface area contributed by atoms with Gasteiger partial charge in [0, 0.05) is 12.1 Å². The molecule has 0 bridgehead atoms. The van der Waals surface area contributed by atoms with Crippen LogP contribution in [0.15, 0.2) is 54.6 Å². The van der Waals surface area contributed by atoms with E-state index in [9.17, 15) is 4.79 Å². The quantitative estimate of drug-likeness (QED) is 0.747. The average molecular weight is 281 g/mol. The Kier molecular flexibility index (Phi) is 5.29. The molecule has 1 unspecified atom stereocenters. The van der Waals surface area contributed by atoms with Gasteiger partial charge in [-0.25, -0.2) is 0 Å². The molecule has 1 atom stereocenters. The van der Waals surface area contributed by atoms with Crippen LogP contribution in [0, 0.1) is 0 Å². The van der Waals surface area contributed by atoms with E-state index in [1.807, 2.05) is 56.4 Å². The van der Waals surface area contributed by atoms with Crippen molar-refractivity contribution in [2.75, 3.05) is 7.05 Å². The summed E-state index contributed by atoms with van der Waals surface area (Å²) in [4.78, 5) is 14.6. The predicted molar refractivity (Wildman–Crippen MR) is 87.5 cm³/mol. The number of aryl methyl sites for hydroxylation is 1. The van der Waals surface area contributed by atoms with Crippen LogP contribution in [0.3, 0.4) is 0 Å². The summed E-state index contributed by atoms with van der Waals surface area (Å²) in [5.74, 6) is 0.177. The molecule has 0 aliphatic heterocycles. The van der Waals surface area contributed by atoms with Crippen molar-refractivity contribution in [3.8, 4) is 0 Å². The van der Waals surface area contributed by atoms with Crippen molar-refractivity contribution >= 4 is 5.78 Å². The molecule has 0 saturated carbocycles. The lowest BCUT2D eigenvalue weighted by Gasteiger charge is -2.23. The number of nitrogens with zero attached hydrogens (tertiary/aromatic N) is 1. The van der Waals surface area contributed by atoms with Crippen LogP contribution in [0.25, 0.3) is 0 Å². The second kappa shape index (κ2) is 7.19. The summed E-state index contributed by atoms with van der Waals surface area (Å²) in [5, 5.41) is 0. The number of rotatable bonds is 6. The maximum absolute atomic E-state index is 12.5. The molecule has 0 radical (unpaired) electrons. The fourth-order valence-electron chi connectivity index (χ4n) is 2.35. The van der Waals surface area contributed by atoms with Gasteiger partial charge < -0.3 is 0 Å². The Hall–Kier alpha value is -1.93. The molecular weight excluding hydrogens is 258 g/mol. The lowest BCUT2D eigenvalue weighted by molar-refractivity contribution is 0.0862. The van der Waals surface area contributed by atoms with Crippen LogP contribution < -0.4 is 0 Å². The monoisotopic (exact) mass is 281 g/mol. The molecule has 0 fully saturated rings. The zero-order valence-electron chi connectivity index (χ0n) is 13.0. The number of carbonyl (C=O) groups excluding carboxylic acids is 1. The summed E-state index contributed by atoms with van der Waals surface area (Å²) in [5.41, 5.74) is 3.28. The zero-order chi connectivity index (χ0) is 15.2. The first-order chi connectivity index (χ1) is 10.1. The van der Waals surface area contributed by atoms with E-state index in [1.54, 1.807) is 0 Å². The number of hydrogen-bond donors (Lipinski definition) is 0. The number of hydrogen-bond acceptors (Lipinski definition) is 2. The minimum absolute atomic E-state index is 0.127. The lowest BCUT2D eigenvalue weighted by Crippen LogP contribution is -2.35. The molecule has 2 nitrogen and oxygen atoms in total. The summed E-state index contributed by atoms with van der Waals surface area (Å²) in [7, 11) is 2.00. The molecule has 0 amide bonds. The Morgan fingerprint density at radius 2 is 1.62 bits per heavy atom. The third-order valence-corrected chi connectivity index (χ3v) is 3.96. The minimum Gasteiger partial charge on any atom is -0.292 e. The molecule has 0 spiro atoms. The van der Waals surface area contributed by atoms with E-state index in [1.165, 1.54) is 11.1 Å². The van der Waals surface area contributed by atoms with Gasteiger partial charge in [0.1, 0.15) is 0 Å². The summed E-state index contributed by atoms with van der Waals surface area (Å²) < 4.78 is 0. The molecular formula is C19H23NO. The van der Waals surface area contributed by atoms with E-state index < -0.39 is 0 Å². The fourth-order valence-corrected chi connectivity index (χ4v) is 2.35. The molecule has 0 aromatic heterocycles. The highest BCUT2D eigenvalue weighted by atomic mass is 16.1. The molecule has 0 saturated heterocycles. The third-order valence-electron chi connectivity index (χ3n) is 3.96. The highest BCUT2D eigenvalue weighted by molar-refractivity contribution is 5.99. The Balaban J connectivity index is 2.03. The molecule has 2 heteroatoms. The number of carbonyl (C=O) groups is 1. The van der Waals surface area contributed by atoms with Crippen molar-refractivity contribution < 1.29 is 4.79 Å². The van der Waals surface area contributed by atoms with Gasteiger partial charge in [0.05, 0.1) is 6.04 Å². The Bertz CT molecular complexity index is 574. The highest BCUT2D eigenvalue weighted by Crippen LogP contribution is 2.12. The number of likely N-dealkylation sites (N-methyl/N-ethyl adjacent to an activating group) is 1. The van der Waals surface area contributed by atoms with Crippen LogP contribution >= 0.6 is 0 Å². The Labute approximate surface area is 127 Å². The second-order valence-corrected chi connectivity index (χ2v) is 5.49. The van der Waals surface area contributed by atoms with Gasteiger partial charge in [-0.05, 0) is 31.5 Å². The van der Waals surface area contributed by atoms with Gasteiger partial charge in [-0.2, -0.15) is 0 Å². The van der Waals surface area contributed by atoms with Gasteiger partial charge in [0.2, 0.25) is 0 Å². The SMILES string of the molecule is CCc1ccc(C(=O)C(C)N(C)Cc2ccccc2)cc1. The summed E-state index contributed by atoms with van der Waals surface area (Å²) >= 11 is 0. The second-order valence-electron chi connectivity index (χ2n) is 5.49. The van der Waals surface area contributed by atoms with Crippen molar-refractivity contribution in [2.45, 2.75) is 32.9 Å². The molecule has 0 aliphatic carbocycles. The first-order valence-electron chi connectivity index (χ1n) is 7.49. The maximum Gasteiger partial charge on any atom is 0.179 e. The highest BCUT2D eigenvalue weighted by Gasteiger charge is 2.19. The van der Waals surface area contributed by atoms with Crippen molar-refractivity contribution in [3.63, 3.8) is 0 Å². The van der Waals surface area contributed by atoms with Crippen LogP contribution in [0.2, 0.25) is 0 Å². The minimum atomic E-state index is -0.127. The van der Waals surface area contributed by atoms with Crippen molar-refractivity contribution in [1.29, 1.82) is 0 Å². The van der Waals surface area contributed by atoms with Gasteiger partial charge in [0.15, 0.2) is 5.78 Å². The average Bonchev–Trinajstić information content (AvgIpc) is 2.54. The topological polar surface area (TPSA) is 20.3 Å². The van der Waals surface area contributed by atoms with Crippen molar-refractivity contribution in [1.82, 2.24) is 4.90 Å². The molecule has 0 heterocycles. The largest absolute Gasteiger partial charge is 0.292 e. The van der Waals surface area contributed by atoms with E-state index in [-0.39, 0.29) is 11.8 Å². The van der Waals surface area contributed by atoms with Gasteiger partial charge in [0.25, 0.3) is 0 Å². The summed E-state index contributed by atoms with van der Waals surface area (Å²) in [6.07, 6.45) is 0.998. The molecule has 2 aromatic carbocycles. The van der Waals surface area contributed by atoms with Crippen LogP contribution in [0.1, 0.15) is 35.3 Å². The normalized spacial score (nSPS) is 12.4. The van der Waals surface area contributed by atoms with Gasteiger partial charge >= 0.3 is 0 Å². The van der Waals surface area contributed by atoms with E-state index >= 15 is 0 Å². The molecule has 21 heavy (non-hydrogen) atoms. The Morgan fingerprint density at radius 1 is 1.00 bits per heavy atom. The standard InChI is InChI=1S/C19H23NO/c1-4-16-10-12-18(13-11-16)19(21)15(2)20(3)14-17-8-6-5-7-9-17/h5-13,15H,4,14H2,1-3H3. The van der Waals surface area contributed by atoms with Crippen LogP contribution in [0.4, 0.5) is 0 Å². The summed E-state index contributed by atoms with van der Waals surface area (Å²) in [6, 6.07) is 18.1. The molecule has 0 N–H and O–H groups in total. The molecule has 110 valence electrons. The Morgan fingerprint density at radius 3 is 2.19 bits per heavy atom. The van der Waals surface area contributed by atoms with Crippen molar-refractivity contribution in [2.24, 2.45) is 0 Å². The first kappa shape index (κ1) is 15.5. The van der Waals surface area contributed by atoms with Gasteiger partial charge in [-0.15, -0.1) is 0 Å². The maximum atomic E-state index is 12.5. The molecule has 2 rings (SSSR count). The van der Waals surface area contributed by atoms with Crippen LogP contribution in [0.5, 0.6) is 0 Å². The lowest BCUT2D eigenvalue weighted by atomic mass is 10.0. The van der Waals surface area contributed by atoms with Gasteiger partial charge in [-0.3, -0.25) is 9.69 Å². The van der Waals surface area contributed by atoms with E-state index in [2.05, 4.69) is 24.0 Å². The third kappa shape index (κ3) is 4.02. The van der Waals surface area contributed by atoms with Crippen LogP contribution in [-0.4, -0.2) is 23.8 Å². The molecule has 2 aromatic rings. The van der Waals surface area contributed by atoms with E-state index in [0.717, 1.165) is 18.5 Å². The summed E-state index contributed by atoms with van der Waals surface area (Å²) in [6.45, 7) is 4.87. The van der Waals surface area contributed by atoms with Crippen molar-refractivity contribution in [3.05, 3.63) is 71.3 Å². The van der Waals surface area contributed by atoms with E-state index in [4.69, 9.17) is 0 Å². The first-order valence-corrected chi connectivity index (χ1v) is 7.49. The van der Waals surface area contributed by atoms with Crippen LogP contribution in [-0.2, 0) is 13.0 Å². The number of benzene rings is 2. The van der Waals surface area contributed by atoms with Gasteiger partial charge in [-0.1, -0.05) is 61.5 Å². The number of Topliss-reactive ketones (excluding diaryl/α,β-unsaturated/α-hetero) is 1. The predicted octanol–water partition coefficient (Wildman–Crippen LogP) is 3.95. The molecule has 0 aliphatic rings. The number of ketones is 1. The smallest absolute Gasteiger partial charge is 0.179 e. The fraction of sp³-hybridized carbons (Fsp3) is 0.316. The van der Waals surface area contributed by atoms with E-state index in [0.29, 0.717) is 0 Å². The zero-order valence-corrected chi connectivity index (χ0v) is 13.0.